The van der Waals surface area contributed by atoms with Gasteiger partial charge in [-0.05, 0) is 42.8 Å². The van der Waals surface area contributed by atoms with Crippen molar-refractivity contribution in [2.24, 2.45) is 0 Å². The SMILES string of the molecule is CC(=O)c1cn(CC(=O)N2C[C@H](F)C[C@H]2C(=O)Nc2ccc(O)cn2)c2ccc(-c3ccnnc3)cc12. The molecule has 2 atom stereocenters. The summed E-state index contributed by atoms with van der Waals surface area (Å²) in [6.07, 6.45) is 4.49. The number of ketones is 1. The van der Waals surface area contributed by atoms with E-state index in [0.29, 0.717) is 16.5 Å². The number of alkyl halides is 1. The first-order chi connectivity index (χ1) is 17.8. The van der Waals surface area contributed by atoms with Crippen LogP contribution in [0.2, 0.25) is 0 Å². The Morgan fingerprint density at radius 1 is 1.11 bits per heavy atom. The van der Waals surface area contributed by atoms with Gasteiger partial charge in [0.25, 0.3) is 0 Å². The predicted octanol–water partition coefficient (Wildman–Crippen LogP) is 2.98. The van der Waals surface area contributed by atoms with E-state index in [1.807, 2.05) is 24.3 Å². The van der Waals surface area contributed by atoms with Gasteiger partial charge in [0.15, 0.2) is 5.78 Å². The van der Waals surface area contributed by atoms with Crippen molar-refractivity contribution in [3.8, 4) is 16.9 Å². The van der Waals surface area contributed by atoms with Crippen molar-refractivity contribution in [2.45, 2.75) is 32.1 Å². The molecule has 1 aliphatic rings. The van der Waals surface area contributed by atoms with Crippen molar-refractivity contribution in [2.75, 3.05) is 11.9 Å². The Hall–Kier alpha value is -4.67. The molecule has 11 heteroatoms. The lowest BCUT2D eigenvalue weighted by Gasteiger charge is -2.24. The van der Waals surface area contributed by atoms with Crippen LogP contribution in [0.1, 0.15) is 23.7 Å². The molecule has 0 spiro atoms. The number of nitrogens with one attached hydrogen (secondary N) is 1. The summed E-state index contributed by atoms with van der Waals surface area (Å²) in [6, 6.07) is 9.09. The van der Waals surface area contributed by atoms with Crippen LogP contribution in [-0.4, -0.2) is 66.1 Å². The molecule has 2 amide bonds. The number of pyridine rings is 1. The van der Waals surface area contributed by atoms with Gasteiger partial charge in [0, 0.05) is 34.6 Å². The molecule has 1 aliphatic heterocycles. The van der Waals surface area contributed by atoms with Crippen LogP contribution < -0.4 is 5.32 Å². The molecule has 10 nitrogen and oxygen atoms in total. The fourth-order valence-electron chi connectivity index (χ4n) is 4.56. The summed E-state index contributed by atoms with van der Waals surface area (Å²) in [7, 11) is 0. The van der Waals surface area contributed by atoms with Crippen LogP contribution in [0.5, 0.6) is 5.75 Å². The van der Waals surface area contributed by atoms with Crippen LogP contribution in [0.3, 0.4) is 0 Å². The molecular weight excluding hydrogens is 479 g/mol. The Labute approximate surface area is 210 Å². The molecule has 37 heavy (non-hydrogen) atoms. The Bertz CT molecular complexity index is 1490. The molecule has 4 heterocycles. The number of aromatic hydroxyl groups is 1. The van der Waals surface area contributed by atoms with Crippen molar-refractivity contribution in [3.63, 3.8) is 0 Å². The Morgan fingerprint density at radius 3 is 2.65 bits per heavy atom. The fourth-order valence-corrected chi connectivity index (χ4v) is 4.56. The molecule has 0 bridgehead atoms. The average molecular weight is 503 g/mol. The third-order valence-corrected chi connectivity index (χ3v) is 6.36. The van der Waals surface area contributed by atoms with Crippen molar-refractivity contribution < 1.29 is 23.9 Å². The monoisotopic (exact) mass is 502 g/mol. The van der Waals surface area contributed by atoms with Crippen molar-refractivity contribution in [1.29, 1.82) is 0 Å². The number of carbonyl (C=O) groups is 3. The molecule has 4 aromatic rings. The summed E-state index contributed by atoms with van der Waals surface area (Å²) < 4.78 is 16.0. The second kappa shape index (κ2) is 9.76. The number of rotatable bonds is 6. The van der Waals surface area contributed by atoms with E-state index in [-0.39, 0.29) is 36.9 Å². The minimum absolute atomic E-state index is 0.0621. The third kappa shape index (κ3) is 4.88. The molecule has 5 rings (SSSR count). The topological polar surface area (TPSA) is 130 Å². The summed E-state index contributed by atoms with van der Waals surface area (Å²) >= 11 is 0. The number of anilines is 1. The molecule has 188 valence electrons. The van der Waals surface area contributed by atoms with Gasteiger partial charge in [0.1, 0.15) is 30.3 Å². The lowest BCUT2D eigenvalue weighted by Crippen LogP contribution is -2.44. The van der Waals surface area contributed by atoms with Gasteiger partial charge in [0.2, 0.25) is 11.8 Å². The van der Waals surface area contributed by atoms with Crippen molar-refractivity contribution in [3.05, 3.63) is 66.7 Å². The molecule has 0 saturated carbocycles. The zero-order chi connectivity index (χ0) is 26.1. The van der Waals surface area contributed by atoms with Gasteiger partial charge >= 0.3 is 0 Å². The van der Waals surface area contributed by atoms with Gasteiger partial charge in [0.05, 0.1) is 25.1 Å². The average Bonchev–Trinajstić information content (AvgIpc) is 3.46. The number of hydrogen-bond acceptors (Lipinski definition) is 7. The highest BCUT2D eigenvalue weighted by atomic mass is 19.1. The third-order valence-electron chi connectivity index (χ3n) is 6.36. The van der Waals surface area contributed by atoms with Gasteiger partial charge < -0.3 is 19.9 Å². The highest BCUT2D eigenvalue weighted by molar-refractivity contribution is 6.08. The number of carbonyl (C=O) groups excluding carboxylic acids is 3. The highest BCUT2D eigenvalue weighted by Crippen LogP contribution is 2.29. The lowest BCUT2D eigenvalue weighted by atomic mass is 10.0. The number of likely N-dealkylation sites (tertiary alicyclic amines) is 1. The standard InChI is InChI=1S/C26H23FN6O4/c1-15(34)21-13-32(22-4-2-16(8-20(21)22)17-6-7-29-30-10-17)14-25(36)33-12-18(27)9-23(33)26(37)31-24-5-3-19(35)11-28-24/h2-8,10-11,13,18,23,35H,9,12,14H2,1H3,(H,28,31,37)/t18-,23+/m1/s1. The number of benzene rings is 1. The van der Waals surface area contributed by atoms with Crippen LogP contribution in [0, 0.1) is 0 Å². The summed E-state index contributed by atoms with van der Waals surface area (Å²) in [6.45, 7) is 1.07. The van der Waals surface area contributed by atoms with Crippen LogP contribution >= 0.6 is 0 Å². The maximum absolute atomic E-state index is 14.4. The van der Waals surface area contributed by atoms with Gasteiger partial charge in [-0.25, -0.2) is 9.37 Å². The number of fused-ring (bicyclic) bond motifs is 1. The van der Waals surface area contributed by atoms with E-state index in [0.717, 1.165) is 11.1 Å². The molecular formula is C26H23FN6O4. The van der Waals surface area contributed by atoms with Gasteiger partial charge in [-0.3, -0.25) is 14.4 Å². The zero-order valence-electron chi connectivity index (χ0n) is 19.8. The van der Waals surface area contributed by atoms with Gasteiger partial charge in [-0.1, -0.05) is 6.07 Å². The van der Waals surface area contributed by atoms with Crippen LogP contribution in [0.15, 0.2) is 61.2 Å². The molecule has 3 aromatic heterocycles. The van der Waals surface area contributed by atoms with E-state index in [2.05, 4.69) is 20.5 Å². The van der Waals surface area contributed by atoms with Gasteiger partial charge in [-0.15, -0.1) is 0 Å². The summed E-state index contributed by atoms with van der Waals surface area (Å²) in [5.74, 6) is -1.06. The second-order valence-electron chi connectivity index (χ2n) is 8.88. The van der Waals surface area contributed by atoms with Crippen molar-refractivity contribution >= 4 is 34.3 Å². The molecule has 0 unspecified atom stereocenters. The molecule has 0 radical (unpaired) electrons. The van der Waals surface area contributed by atoms with E-state index < -0.39 is 24.0 Å². The van der Waals surface area contributed by atoms with Gasteiger partial charge in [-0.2, -0.15) is 10.2 Å². The minimum Gasteiger partial charge on any atom is -0.506 e. The molecule has 1 saturated heterocycles. The summed E-state index contributed by atoms with van der Waals surface area (Å²) in [5.41, 5.74) is 2.78. The number of Topliss-reactive ketones (excluding diaryl/α,β-unsaturated/α-hetero) is 1. The predicted molar refractivity (Wildman–Crippen MR) is 133 cm³/mol. The number of aromatic nitrogens is 4. The first kappa shape index (κ1) is 24.0. The molecule has 1 aromatic carbocycles. The van der Waals surface area contributed by atoms with E-state index in [9.17, 15) is 23.9 Å². The first-order valence-electron chi connectivity index (χ1n) is 11.6. The Morgan fingerprint density at radius 2 is 1.95 bits per heavy atom. The van der Waals surface area contributed by atoms with E-state index >= 15 is 0 Å². The Kier molecular flexibility index (Phi) is 6.34. The quantitative estimate of drug-likeness (QED) is 0.388. The molecule has 1 fully saturated rings. The lowest BCUT2D eigenvalue weighted by molar-refractivity contribution is -0.137. The normalized spacial score (nSPS) is 17.2. The van der Waals surface area contributed by atoms with E-state index in [1.165, 1.54) is 30.2 Å². The minimum atomic E-state index is -1.35. The summed E-state index contributed by atoms with van der Waals surface area (Å²) in [5, 5.41) is 20.3. The number of halogens is 1. The van der Waals surface area contributed by atoms with Crippen LogP contribution in [0.25, 0.3) is 22.0 Å². The van der Waals surface area contributed by atoms with E-state index in [4.69, 9.17) is 0 Å². The van der Waals surface area contributed by atoms with Crippen LogP contribution in [0.4, 0.5) is 10.2 Å². The Balaban J connectivity index is 1.40. The number of amides is 2. The number of hydrogen-bond donors (Lipinski definition) is 2. The zero-order valence-corrected chi connectivity index (χ0v) is 19.8. The maximum atomic E-state index is 14.4. The van der Waals surface area contributed by atoms with E-state index in [1.54, 1.807) is 23.2 Å². The highest BCUT2D eigenvalue weighted by Gasteiger charge is 2.40. The molecule has 0 aliphatic carbocycles. The first-order valence-corrected chi connectivity index (χ1v) is 11.6. The largest absolute Gasteiger partial charge is 0.506 e. The number of nitrogens with zero attached hydrogens (tertiary/aromatic N) is 5. The summed E-state index contributed by atoms with van der Waals surface area (Å²) in [4.78, 5) is 43.7. The fraction of sp³-hybridized carbons (Fsp3) is 0.231. The van der Waals surface area contributed by atoms with Crippen LogP contribution in [-0.2, 0) is 16.1 Å². The molecule has 2 N–H and O–H groups in total. The maximum Gasteiger partial charge on any atom is 0.248 e. The second-order valence-corrected chi connectivity index (χ2v) is 8.88. The smallest absolute Gasteiger partial charge is 0.248 e. The van der Waals surface area contributed by atoms with Crippen molar-refractivity contribution in [1.82, 2.24) is 24.6 Å².